The Balaban J connectivity index is 1.44. The van der Waals surface area contributed by atoms with Gasteiger partial charge in [-0.3, -0.25) is 4.57 Å². The number of hydrogen-bond acceptors (Lipinski definition) is 5. The fraction of sp³-hybridized carbons (Fsp3) is 0.200. The van der Waals surface area contributed by atoms with Gasteiger partial charge in [-0.25, -0.2) is 0 Å². The topological polar surface area (TPSA) is 39.9 Å². The molecule has 0 atom stereocenters. The minimum Gasteiger partial charge on any atom is -0.493 e. The molecular formula is C25H25N3OS2. The zero-order chi connectivity index (χ0) is 21.5. The Hall–Kier alpha value is -2.70. The Morgan fingerprint density at radius 3 is 2.16 bits per heavy atom. The molecule has 1 aromatic heterocycles. The zero-order valence-corrected chi connectivity index (χ0v) is 19.3. The smallest absolute Gasteiger partial charge is 0.195 e. The largest absolute Gasteiger partial charge is 0.493 e. The van der Waals surface area contributed by atoms with Crippen LogP contribution in [-0.2, 0) is 5.75 Å². The van der Waals surface area contributed by atoms with Crippen molar-refractivity contribution in [2.24, 2.45) is 0 Å². The average Bonchev–Trinajstić information content (AvgIpc) is 3.21. The molecule has 4 rings (SSSR count). The average molecular weight is 448 g/mol. The molecular weight excluding hydrogens is 422 g/mol. The van der Waals surface area contributed by atoms with Crippen molar-refractivity contribution in [3.63, 3.8) is 0 Å². The number of thioether (sulfide) groups is 2. The molecule has 0 saturated carbocycles. The number of rotatable bonds is 9. The Morgan fingerprint density at radius 2 is 1.45 bits per heavy atom. The molecule has 158 valence electrons. The van der Waals surface area contributed by atoms with Crippen LogP contribution in [0.25, 0.3) is 5.69 Å². The lowest BCUT2D eigenvalue weighted by Crippen LogP contribution is -2.04. The molecule has 3 aromatic carbocycles. The van der Waals surface area contributed by atoms with Gasteiger partial charge in [0.25, 0.3) is 0 Å². The highest BCUT2D eigenvalue weighted by Gasteiger charge is 2.15. The van der Waals surface area contributed by atoms with Crippen LogP contribution in [0.5, 0.6) is 5.75 Å². The van der Waals surface area contributed by atoms with Gasteiger partial charge in [0, 0.05) is 16.3 Å². The highest BCUT2D eigenvalue weighted by Crippen LogP contribution is 2.27. The summed E-state index contributed by atoms with van der Waals surface area (Å²) in [7, 11) is 0. The number of ether oxygens (including phenoxy) is 1. The van der Waals surface area contributed by atoms with E-state index in [0.717, 1.165) is 33.9 Å². The maximum atomic E-state index is 5.87. The second kappa shape index (κ2) is 10.6. The summed E-state index contributed by atoms with van der Waals surface area (Å²) in [5.74, 6) is 3.39. The summed E-state index contributed by atoms with van der Waals surface area (Å²) >= 11 is 3.44. The summed E-state index contributed by atoms with van der Waals surface area (Å²) in [6, 6.07) is 27.0. The molecule has 0 N–H and O–H groups in total. The number of hydrogen-bond donors (Lipinski definition) is 0. The highest BCUT2D eigenvalue weighted by atomic mass is 32.2. The van der Waals surface area contributed by atoms with Crippen LogP contribution in [-0.4, -0.2) is 27.1 Å². The van der Waals surface area contributed by atoms with Crippen molar-refractivity contribution in [3.8, 4) is 11.4 Å². The van der Waals surface area contributed by atoms with Gasteiger partial charge >= 0.3 is 0 Å². The third kappa shape index (κ3) is 5.93. The van der Waals surface area contributed by atoms with E-state index >= 15 is 0 Å². The van der Waals surface area contributed by atoms with Crippen molar-refractivity contribution in [3.05, 3.63) is 95.8 Å². The maximum Gasteiger partial charge on any atom is 0.195 e. The van der Waals surface area contributed by atoms with Gasteiger partial charge in [0.15, 0.2) is 5.16 Å². The lowest BCUT2D eigenvalue weighted by atomic mass is 10.2. The molecule has 0 aliphatic heterocycles. The van der Waals surface area contributed by atoms with Gasteiger partial charge in [-0.15, -0.1) is 22.0 Å². The fourth-order valence-corrected chi connectivity index (χ4v) is 4.63. The van der Waals surface area contributed by atoms with E-state index in [1.807, 2.05) is 30.3 Å². The van der Waals surface area contributed by atoms with E-state index in [1.54, 1.807) is 23.5 Å². The molecule has 0 bridgehead atoms. The standard InChI is InChI=1S/C25H25N3OS2/c1-19-8-12-22(13-9-19)29-16-17-30-25-27-26-24(28(25)21-6-4-3-5-7-21)18-31-23-14-10-20(2)11-15-23/h3-15H,16-18H2,1-2H3. The van der Waals surface area contributed by atoms with Crippen LogP contribution >= 0.6 is 23.5 Å². The van der Waals surface area contributed by atoms with Crippen LogP contribution in [0.4, 0.5) is 0 Å². The number of nitrogens with zero attached hydrogens (tertiary/aromatic N) is 3. The van der Waals surface area contributed by atoms with E-state index in [4.69, 9.17) is 4.74 Å². The summed E-state index contributed by atoms with van der Waals surface area (Å²) in [6.07, 6.45) is 0. The van der Waals surface area contributed by atoms with Gasteiger partial charge in [-0.1, -0.05) is 65.4 Å². The van der Waals surface area contributed by atoms with Crippen LogP contribution < -0.4 is 4.74 Å². The lowest BCUT2D eigenvalue weighted by molar-refractivity contribution is 0.344. The minimum atomic E-state index is 0.614. The molecule has 6 heteroatoms. The summed E-state index contributed by atoms with van der Waals surface area (Å²) in [4.78, 5) is 1.23. The van der Waals surface area contributed by atoms with Crippen molar-refractivity contribution in [2.75, 3.05) is 12.4 Å². The fourth-order valence-electron chi connectivity index (χ4n) is 3.03. The second-order valence-electron chi connectivity index (χ2n) is 7.18. The quantitative estimate of drug-likeness (QED) is 0.221. The van der Waals surface area contributed by atoms with Gasteiger partial charge in [-0.05, 0) is 50.2 Å². The van der Waals surface area contributed by atoms with Gasteiger partial charge < -0.3 is 4.74 Å². The van der Waals surface area contributed by atoms with Crippen molar-refractivity contribution in [2.45, 2.75) is 29.7 Å². The van der Waals surface area contributed by atoms with Crippen molar-refractivity contribution in [1.29, 1.82) is 0 Å². The molecule has 0 aliphatic rings. The molecule has 0 amide bonds. The van der Waals surface area contributed by atoms with Crippen LogP contribution in [0.2, 0.25) is 0 Å². The Morgan fingerprint density at radius 1 is 0.774 bits per heavy atom. The van der Waals surface area contributed by atoms with Crippen LogP contribution in [0.1, 0.15) is 17.0 Å². The predicted octanol–water partition coefficient (Wildman–Crippen LogP) is 6.35. The zero-order valence-electron chi connectivity index (χ0n) is 17.7. The molecule has 0 fully saturated rings. The van der Waals surface area contributed by atoms with E-state index in [0.29, 0.717) is 6.61 Å². The van der Waals surface area contributed by atoms with E-state index in [9.17, 15) is 0 Å². The molecule has 0 aliphatic carbocycles. The number of benzene rings is 3. The SMILES string of the molecule is Cc1ccc(OCCSc2nnc(CSc3ccc(C)cc3)n2-c2ccccc2)cc1. The molecule has 0 saturated heterocycles. The first-order chi connectivity index (χ1) is 15.2. The summed E-state index contributed by atoms with van der Waals surface area (Å²) in [6.45, 7) is 4.79. The van der Waals surface area contributed by atoms with Gasteiger partial charge in [0.05, 0.1) is 12.4 Å². The van der Waals surface area contributed by atoms with E-state index in [-0.39, 0.29) is 0 Å². The molecule has 1 heterocycles. The molecule has 0 radical (unpaired) electrons. The van der Waals surface area contributed by atoms with Gasteiger partial charge in [-0.2, -0.15) is 0 Å². The van der Waals surface area contributed by atoms with Crippen molar-refractivity contribution in [1.82, 2.24) is 14.8 Å². The second-order valence-corrected chi connectivity index (χ2v) is 9.29. The lowest BCUT2D eigenvalue weighted by Gasteiger charge is -2.11. The summed E-state index contributed by atoms with van der Waals surface area (Å²) < 4.78 is 8.02. The number of para-hydroxylation sites is 1. The Kier molecular flexibility index (Phi) is 7.33. The first-order valence-corrected chi connectivity index (χ1v) is 12.2. The van der Waals surface area contributed by atoms with E-state index in [2.05, 4.69) is 77.1 Å². The third-order valence-corrected chi connectivity index (χ3v) is 6.61. The van der Waals surface area contributed by atoms with Crippen LogP contribution in [0.3, 0.4) is 0 Å². The number of aryl methyl sites for hydroxylation is 2. The van der Waals surface area contributed by atoms with Crippen LogP contribution in [0, 0.1) is 13.8 Å². The normalized spacial score (nSPS) is 10.9. The highest BCUT2D eigenvalue weighted by molar-refractivity contribution is 7.99. The minimum absolute atomic E-state index is 0.614. The molecule has 4 aromatic rings. The van der Waals surface area contributed by atoms with Gasteiger partial charge in [0.2, 0.25) is 0 Å². The molecule has 0 unspecified atom stereocenters. The van der Waals surface area contributed by atoms with E-state index < -0.39 is 0 Å². The van der Waals surface area contributed by atoms with E-state index in [1.165, 1.54) is 16.0 Å². The molecule has 0 spiro atoms. The third-order valence-electron chi connectivity index (χ3n) is 4.71. The molecule has 31 heavy (non-hydrogen) atoms. The summed E-state index contributed by atoms with van der Waals surface area (Å²) in [5.41, 5.74) is 3.58. The first-order valence-electron chi connectivity index (χ1n) is 10.2. The maximum absolute atomic E-state index is 5.87. The van der Waals surface area contributed by atoms with Crippen molar-refractivity contribution >= 4 is 23.5 Å². The monoisotopic (exact) mass is 447 g/mol. The Bertz CT molecular complexity index is 1090. The first kappa shape index (κ1) is 21.5. The number of aromatic nitrogens is 3. The van der Waals surface area contributed by atoms with Crippen LogP contribution in [0.15, 0.2) is 88.9 Å². The van der Waals surface area contributed by atoms with Crippen molar-refractivity contribution < 1.29 is 4.74 Å². The predicted molar refractivity (Wildman–Crippen MR) is 129 cm³/mol. The molecule has 4 nitrogen and oxygen atoms in total. The Labute approximate surface area is 192 Å². The van der Waals surface area contributed by atoms with Gasteiger partial charge in [0.1, 0.15) is 11.6 Å². The summed E-state index contributed by atoms with van der Waals surface area (Å²) in [5, 5.41) is 9.87.